The maximum absolute atomic E-state index is 12.9. The van der Waals surface area contributed by atoms with E-state index in [0.717, 1.165) is 44.7 Å². The molecule has 35 heavy (non-hydrogen) atoms. The lowest BCUT2D eigenvalue weighted by Crippen LogP contribution is -2.18. The van der Waals surface area contributed by atoms with Crippen molar-refractivity contribution in [2.45, 2.75) is 186 Å². The molecule has 0 saturated carbocycles. The highest BCUT2D eigenvalue weighted by molar-refractivity contribution is 7.76. The number of unbranched alkanes of at least 4 members (excludes halogenated alkanes) is 20. The molecule has 0 radical (unpaired) electrons. The predicted octanol–water partition coefficient (Wildman–Crippen LogP) is 11.1. The molecule has 1 rings (SSSR count). The molecule has 0 aromatic rings. The molecular weight excluding hydrogens is 447 g/mol. The molecule has 0 aromatic carbocycles. The fourth-order valence-electron chi connectivity index (χ4n) is 5.61. The van der Waals surface area contributed by atoms with Crippen LogP contribution in [0.5, 0.6) is 0 Å². The standard InChI is InChI=1S/C32H61O2P/c1-3-5-7-9-11-13-15-17-19-21-23-26-30(33)31-27-25-29-35(31)32(34)28-24-22-20-18-16-14-12-10-8-6-4-2/h31H,3-29H2,1-2H3. The van der Waals surface area contributed by atoms with E-state index >= 15 is 0 Å². The van der Waals surface area contributed by atoms with Crippen LogP contribution in [0, 0.1) is 0 Å². The number of carbonyl (C=O) groups is 2. The first-order valence-corrected chi connectivity index (χ1v) is 17.6. The summed E-state index contributed by atoms with van der Waals surface area (Å²) < 4.78 is 0. The first-order valence-electron chi connectivity index (χ1n) is 16.0. The average molecular weight is 509 g/mol. The van der Waals surface area contributed by atoms with Crippen LogP contribution in [0.4, 0.5) is 0 Å². The lowest BCUT2D eigenvalue weighted by Gasteiger charge is -2.18. The molecule has 2 atom stereocenters. The van der Waals surface area contributed by atoms with Gasteiger partial charge in [-0.3, -0.25) is 9.59 Å². The molecule has 1 aliphatic heterocycles. The lowest BCUT2D eigenvalue weighted by molar-refractivity contribution is -0.119. The van der Waals surface area contributed by atoms with Crippen molar-refractivity contribution >= 4 is 19.2 Å². The minimum atomic E-state index is -0.675. The summed E-state index contributed by atoms with van der Waals surface area (Å²) in [6.07, 6.45) is 33.7. The highest BCUT2D eigenvalue weighted by Gasteiger charge is 2.35. The van der Waals surface area contributed by atoms with Gasteiger partial charge in [-0.05, 0) is 39.8 Å². The Hall–Kier alpha value is -0.230. The summed E-state index contributed by atoms with van der Waals surface area (Å²) in [5.41, 5.74) is 0.582. The van der Waals surface area contributed by atoms with Crippen molar-refractivity contribution in [2.24, 2.45) is 0 Å². The van der Waals surface area contributed by atoms with Gasteiger partial charge in [-0.25, -0.2) is 0 Å². The summed E-state index contributed by atoms with van der Waals surface area (Å²) in [6.45, 7) is 4.55. The van der Waals surface area contributed by atoms with Crippen LogP contribution in [-0.4, -0.2) is 23.1 Å². The summed E-state index contributed by atoms with van der Waals surface area (Å²) in [5, 5.41) is 0. The fraction of sp³-hybridized carbons (Fsp3) is 0.938. The van der Waals surface area contributed by atoms with E-state index in [9.17, 15) is 9.59 Å². The van der Waals surface area contributed by atoms with Gasteiger partial charge in [0.15, 0.2) is 5.52 Å². The van der Waals surface area contributed by atoms with Gasteiger partial charge < -0.3 is 0 Å². The quantitative estimate of drug-likeness (QED) is 0.0860. The van der Waals surface area contributed by atoms with Crippen molar-refractivity contribution in [3.63, 3.8) is 0 Å². The van der Waals surface area contributed by atoms with Crippen molar-refractivity contribution < 1.29 is 9.59 Å². The number of hydrogen-bond donors (Lipinski definition) is 0. The largest absolute Gasteiger partial charge is 0.299 e. The van der Waals surface area contributed by atoms with Gasteiger partial charge in [0.2, 0.25) is 0 Å². The topological polar surface area (TPSA) is 34.1 Å². The minimum Gasteiger partial charge on any atom is -0.299 e. The Labute approximate surface area is 221 Å². The van der Waals surface area contributed by atoms with E-state index in [4.69, 9.17) is 0 Å². The number of Topliss-reactive ketones (excluding diaryl/α,β-unsaturated/α-hetero) is 1. The molecule has 1 heterocycles. The molecule has 0 amide bonds. The summed E-state index contributed by atoms with van der Waals surface area (Å²) in [4.78, 5) is 25.7. The lowest BCUT2D eigenvalue weighted by atomic mass is 10.0. The van der Waals surface area contributed by atoms with Gasteiger partial charge in [-0.1, -0.05) is 142 Å². The Morgan fingerprint density at radius 1 is 0.543 bits per heavy atom. The van der Waals surface area contributed by atoms with Gasteiger partial charge in [-0.2, -0.15) is 0 Å². The Kier molecular flexibility index (Phi) is 22.6. The van der Waals surface area contributed by atoms with Gasteiger partial charge >= 0.3 is 0 Å². The molecule has 2 nitrogen and oxygen atoms in total. The molecule has 0 aliphatic carbocycles. The molecule has 0 aromatic heterocycles. The molecule has 0 bridgehead atoms. The molecule has 0 spiro atoms. The van der Waals surface area contributed by atoms with Crippen LogP contribution in [0.1, 0.15) is 181 Å². The van der Waals surface area contributed by atoms with Crippen molar-refractivity contribution in [1.29, 1.82) is 0 Å². The van der Waals surface area contributed by atoms with Crippen LogP contribution in [-0.2, 0) is 9.59 Å². The van der Waals surface area contributed by atoms with E-state index in [2.05, 4.69) is 13.8 Å². The monoisotopic (exact) mass is 508 g/mol. The first-order chi connectivity index (χ1) is 17.2. The highest BCUT2D eigenvalue weighted by atomic mass is 31.1. The average Bonchev–Trinajstić information content (AvgIpc) is 3.36. The SMILES string of the molecule is CCCCCCCCCCCCCC(=O)C1CCCP1C(=O)CCCCCCCCCCCCC. The maximum Gasteiger partial charge on any atom is 0.155 e. The van der Waals surface area contributed by atoms with Crippen molar-refractivity contribution in [3.8, 4) is 0 Å². The summed E-state index contributed by atoms with van der Waals surface area (Å²) in [7, 11) is -0.675. The smallest absolute Gasteiger partial charge is 0.155 e. The Bertz CT molecular complexity index is 460. The second-order valence-corrected chi connectivity index (χ2v) is 13.8. The number of hydrogen-bond acceptors (Lipinski definition) is 2. The predicted molar refractivity (Wildman–Crippen MR) is 157 cm³/mol. The zero-order valence-corrected chi connectivity index (χ0v) is 24.8. The second-order valence-electron chi connectivity index (χ2n) is 11.3. The van der Waals surface area contributed by atoms with E-state index in [-0.39, 0.29) is 5.66 Å². The van der Waals surface area contributed by atoms with Gasteiger partial charge in [0.25, 0.3) is 0 Å². The summed E-state index contributed by atoms with van der Waals surface area (Å²) >= 11 is 0. The van der Waals surface area contributed by atoms with E-state index in [1.54, 1.807) is 0 Å². The van der Waals surface area contributed by atoms with Crippen molar-refractivity contribution in [3.05, 3.63) is 0 Å². The van der Waals surface area contributed by atoms with Crippen LogP contribution in [0.2, 0.25) is 0 Å². The number of ketones is 1. The molecule has 0 N–H and O–H groups in total. The van der Waals surface area contributed by atoms with Gasteiger partial charge in [0, 0.05) is 18.5 Å². The molecule has 2 unspecified atom stereocenters. The van der Waals surface area contributed by atoms with E-state index in [1.165, 1.54) is 128 Å². The van der Waals surface area contributed by atoms with Crippen LogP contribution in [0.3, 0.4) is 0 Å². The third-order valence-corrected chi connectivity index (χ3v) is 10.9. The first kappa shape index (κ1) is 32.8. The third-order valence-electron chi connectivity index (χ3n) is 7.97. The Morgan fingerprint density at radius 3 is 1.34 bits per heavy atom. The van der Waals surface area contributed by atoms with Gasteiger partial charge in [0.05, 0.1) is 0 Å². The van der Waals surface area contributed by atoms with E-state index in [0.29, 0.717) is 11.3 Å². The van der Waals surface area contributed by atoms with Crippen LogP contribution >= 0.6 is 7.92 Å². The second kappa shape index (κ2) is 24.1. The van der Waals surface area contributed by atoms with E-state index < -0.39 is 7.92 Å². The molecular formula is C32H61O2P. The summed E-state index contributed by atoms with van der Waals surface area (Å²) in [5.74, 6) is 0.428. The number of carbonyl (C=O) groups excluding carboxylic acids is 2. The minimum absolute atomic E-state index is 0.119. The highest BCUT2D eigenvalue weighted by Crippen LogP contribution is 2.52. The van der Waals surface area contributed by atoms with Crippen LogP contribution < -0.4 is 0 Å². The number of rotatable bonds is 26. The normalized spacial score (nSPS) is 17.8. The zero-order valence-electron chi connectivity index (χ0n) is 23.9. The summed E-state index contributed by atoms with van der Waals surface area (Å²) in [6, 6.07) is 0. The van der Waals surface area contributed by atoms with Gasteiger partial charge in [0.1, 0.15) is 5.78 Å². The van der Waals surface area contributed by atoms with Crippen LogP contribution in [0.25, 0.3) is 0 Å². The van der Waals surface area contributed by atoms with E-state index in [1.807, 2.05) is 0 Å². The molecule has 3 heteroatoms. The molecule has 1 aliphatic rings. The molecule has 1 fully saturated rings. The third kappa shape index (κ3) is 17.8. The molecule has 1 saturated heterocycles. The molecule has 206 valence electrons. The zero-order chi connectivity index (χ0) is 25.4. The van der Waals surface area contributed by atoms with Gasteiger partial charge in [-0.15, -0.1) is 0 Å². The van der Waals surface area contributed by atoms with Crippen molar-refractivity contribution in [1.82, 2.24) is 0 Å². The van der Waals surface area contributed by atoms with Crippen LogP contribution in [0.15, 0.2) is 0 Å². The maximum atomic E-state index is 12.9. The Balaban J connectivity index is 2.01. The fourth-order valence-corrected chi connectivity index (χ4v) is 8.46. The Morgan fingerprint density at radius 2 is 0.914 bits per heavy atom. The van der Waals surface area contributed by atoms with Crippen molar-refractivity contribution in [2.75, 3.05) is 6.16 Å².